The van der Waals surface area contributed by atoms with Crippen LogP contribution in [0.4, 0.5) is 11.4 Å². The second-order valence-electron chi connectivity index (χ2n) is 7.87. The Labute approximate surface area is 180 Å². The van der Waals surface area contributed by atoms with E-state index in [4.69, 9.17) is 4.74 Å². The SMILES string of the molecule is Cc1c(NC(=O)c2cc(Br)ccc2OCCC(C)C)cccc1NC(=O)C1CC1. The van der Waals surface area contributed by atoms with E-state index in [0.717, 1.165) is 35.0 Å². The lowest BCUT2D eigenvalue weighted by Gasteiger charge is -2.16. The summed E-state index contributed by atoms with van der Waals surface area (Å²) in [6, 6.07) is 10.9. The topological polar surface area (TPSA) is 67.4 Å². The van der Waals surface area contributed by atoms with E-state index in [2.05, 4.69) is 40.4 Å². The molecular formula is C23H27BrN2O3. The van der Waals surface area contributed by atoms with Gasteiger partial charge in [0, 0.05) is 21.8 Å². The number of benzene rings is 2. The zero-order chi connectivity index (χ0) is 21.0. The molecule has 5 nitrogen and oxygen atoms in total. The first-order chi connectivity index (χ1) is 13.8. The molecule has 1 saturated carbocycles. The van der Waals surface area contributed by atoms with Gasteiger partial charge in [-0.05, 0) is 68.0 Å². The molecule has 6 heteroatoms. The van der Waals surface area contributed by atoms with Crippen molar-refractivity contribution >= 4 is 39.1 Å². The molecule has 0 unspecified atom stereocenters. The second-order valence-corrected chi connectivity index (χ2v) is 8.78. The largest absolute Gasteiger partial charge is 0.493 e. The quantitative estimate of drug-likeness (QED) is 0.526. The minimum Gasteiger partial charge on any atom is -0.493 e. The number of rotatable bonds is 8. The van der Waals surface area contributed by atoms with Crippen LogP contribution in [0, 0.1) is 18.8 Å². The summed E-state index contributed by atoms with van der Waals surface area (Å²) in [5.74, 6) is 1.00. The normalized spacial score (nSPS) is 13.3. The van der Waals surface area contributed by atoms with Gasteiger partial charge >= 0.3 is 0 Å². The fraction of sp³-hybridized carbons (Fsp3) is 0.391. The highest BCUT2D eigenvalue weighted by molar-refractivity contribution is 9.10. The maximum atomic E-state index is 13.0. The van der Waals surface area contributed by atoms with E-state index in [1.165, 1.54) is 0 Å². The van der Waals surface area contributed by atoms with Crippen LogP contribution in [0.1, 0.15) is 49.0 Å². The average Bonchev–Trinajstić information content (AvgIpc) is 3.51. The van der Waals surface area contributed by atoms with E-state index in [-0.39, 0.29) is 17.7 Å². The first-order valence-corrected chi connectivity index (χ1v) is 10.8. The highest BCUT2D eigenvalue weighted by atomic mass is 79.9. The van der Waals surface area contributed by atoms with Gasteiger partial charge in [0.15, 0.2) is 0 Å². The van der Waals surface area contributed by atoms with Gasteiger partial charge in [-0.2, -0.15) is 0 Å². The number of hydrogen-bond acceptors (Lipinski definition) is 3. The Morgan fingerprint density at radius 2 is 1.83 bits per heavy atom. The molecule has 0 aliphatic heterocycles. The first-order valence-electron chi connectivity index (χ1n) is 9.99. The Bertz CT molecular complexity index is 907. The molecule has 2 N–H and O–H groups in total. The summed E-state index contributed by atoms with van der Waals surface area (Å²) in [4.78, 5) is 25.1. The van der Waals surface area contributed by atoms with Crippen LogP contribution in [0.3, 0.4) is 0 Å². The van der Waals surface area contributed by atoms with Crippen molar-refractivity contribution in [2.45, 2.75) is 40.0 Å². The fourth-order valence-electron chi connectivity index (χ4n) is 2.89. The Hall–Kier alpha value is -2.34. The monoisotopic (exact) mass is 458 g/mol. The molecule has 0 atom stereocenters. The minimum atomic E-state index is -0.250. The van der Waals surface area contributed by atoms with Crippen LogP contribution in [-0.2, 0) is 4.79 Å². The van der Waals surface area contributed by atoms with Crippen molar-refractivity contribution in [3.63, 3.8) is 0 Å². The molecule has 29 heavy (non-hydrogen) atoms. The number of nitrogens with one attached hydrogen (secondary N) is 2. The molecule has 154 valence electrons. The molecule has 0 aromatic heterocycles. The van der Waals surface area contributed by atoms with Gasteiger partial charge in [0.25, 0.3) is 5.91 Å². The van der Waals surface area contributed by atoms with E-state index < -0.39 is 0 Å². The number of ether oxygens (including phenoxy) is 1. The van der Waals surface area contributed by atoms with Gasteiger partial charge in [0.1, 0.15) is 5.75 Å². The maximum absolute atomic E-state index is 13.0. The summed E-state index contributed by atoms with van der Waals surface area (Å²) in [7, 11) is 0. The number of amides is 2. The summed E-state index contributed by atoms with van der Waals surface area (Å²) < 4.78 is 6.67. The van der Waals surface area contributed by atoms with Gasteiger partial charge in [-0.3, -0.25) is 9.59 Å². The highest BCUT2D eigenvalue weighted by Crippen LogP contribution is 2.32. The number of carbonyl (C=O) groups excluding carboxylic acids is 2. The molecule has 0 bridgehead atoms. The summed E-state index contributed by atoms with van der Waals surface area (Å²) in [5, 5.41) is 5.92. The molecule has 1 aliphatic carbocycles. The van der Waals surface area contributed by atoms with Crippen molar-refractivity contribution in [1.29, 1.82) is 0 Å². The number of hydrogen-bond donors (Lipinski definition) is 2. The standard InChI is InChI=1S/C23H27BrN2O3/c1-14(2)11-12-29-21-10-9-17(24)13-18(21)23(28)26-20-6-4-5-19(15(20)3)25-22(27)16-7-8-16/h4-6,9-10,13-14,16H,7-8,11-12H2,1-3H3,(H,25,27)(H,26,28). The summed E-state index contributed by atoms with van der Waals surface area (Å²) in [6.45, 7) is 6.72. The molecule has 0 heterocycles. The van der Waals surface area contributed by atoms with Crippen LogP contribution < -0.4 is 15.4 Å². The second kappa shape index (κ2) is 9.44. The summed E-state index contributed by atoms with van der Waals surface area (Å²) >= 11 is 3.43. The van der Waals surface area contributed by atoms with Gasteiger partial charge in [0.05, 0.1) is 12.2 Å². The van der Waals surface area contributed by atoms with Crippen LogP contribution in [-0.4, -0.2) is 18.4 Å². The molecule has 2 amide bonds. The van der Waals surface area contributed by atoms with E-state index in [0.29, 0.717) is 29.5 Å². The van der Waals surface area contributed by atoms with Crippen LogP contribution in [0.5, 0.6) is 5.75 Å². The minimum absolute atomic E-state index is 0.0457. The lowest BCUT2D eigenvalue weighted by atomic mass is 10.1. The number of carbonyl (C=O) groups is 2. The molecule has 0 radical (unpaired) electrons. The Morgan fingerprint density at radius 3 is 2.48 bits per heavy atom. The fourth-order valence-corrected chi connectivity index (χ4v) is 3.25. The van der Waals surface area contributed by atoms with E-state index >= 15 is 0 Å². The van der Waals surface area contributed by atoms with Crippen LogP contribution in [0.2, 0.25) is 0 Å². The number of anilines is 2. The van der Waals surface area contributed by atoms with Crippen molar-refractivity contribution in [2.75, 3.05) is 17.2 Å². The molecular weight excluding hydrogens is 432 g/mol. The average molecular weight is 459 g/mol. The predicted octanol–water partition coefficient (Wildman–Crippen LogP) is 5.78. The third-order valence-electron chi connectivity index (χ3n) is 4.93. The lowest BCUT2D eigenvalue weighted by molar-refractivity contribution is -0.117. The van der Waals surface area contributed by atoms with Gasteiger partial charge in [0.2, 0.25) is 5.91 Å². The molecule has 2 aromatic carbocycles. The molecule has 0 saturated heterocycles. The van der Waals surface area contributed by atoms with Crippen molar-refractivity contribution < 1.29 is 14.3 Å². The molecule has 0 spiro atoms. The van der Waals surface area contributed by atoms with Crippen molar-refractivity contribution in [3.05, 3.63) is 52.0 Å². The smallest absolute Gasteiger partial charge is 0.259 e. The van der Waals surface area contributed by atoms with E-state index in [9.17, 15) is 9.59 Å². The first kappa shape index (κ1) is 21.4. The lowest BCUT2D eigenvalue weighted by Crippen LogP contribution is -2.17. The number of halogens is 1. The third-order valence-corrected chi connectivity index (χ3v) is 5.42. The van der Waals surface area contributed by atoms with Gasteiger partial charge in [-0.1, -0.05) is 35.8 Å². The van der Waals surface area contributed by atoms with E-state index in [1.54, 1.807) is 12.1 Å². The Balaban J connectivity index is 1.76. The van der Waals surface area contributed by atoms with Crippen molar-refractivity contribution in [1.82, 2.24) is 0 Å². The van der Waals surface area contributed by atoms with E-state index in [1.807, 2.05) is 31.2 Å². The van der Waals surface area contributed by atoms with Gasteiger partial charge < -0.3 is 15.4 Å². The van der Waals surface area contributed by atoms with Gasteiger partial charge in [-0.25, -0.2) is 0 Å². The zero-order valence-electron chi connectivity index (χ0n) is 17.0. The Morgan fingerprint density at radius 1 is 1.14 bits per heavy atom. The third kappa shape index (κ3) is 5.82. The summed E-state index contributed by atoms with van der Waals surface area (Å²) in [5.41, 5.74) is 2.68. The van der Waals surface area contributed by atoms with Crippen molar-refractivity contribution in [3.8, 4) is 5.75 Å². The van der Waals surface area contributed by atoms with Crippen molar-refractivity contribution in [2.24, 2.45) is 11.8 Å². The maximum Gasteiger partial charge on any atom is 0.259 e. The van der Waals surface area contributed by atoms with Crippen LogP contribution >= 0.6 is 15.9 Å². The molecule has 2 aromatic rings. The van der Waals surface area contributed by atoms with Crippen LogP contribution in [0.15, 0.2) is 40.9 Å². The van der Waals surface area contributed by atoms with Gasteiger partial charge in [-0.15, -0.1) is 0 Å². The molecule has 3 rings (SSSR count). The summed E-state index contributed by atoms with van der Waals surface area (Å²) in [6.07, 6.45) is 2.81. The highest BCUT2D eigenvalue weighted by Gasteiger charge is 2.30. The molecule has 1 aliphatic rings. The predicted molar refractivity (Wildman–Crippen MR) is 120 cm³/mol. The zero-order valence-corrected chi connectivity index (χ0v) is 18.6. The Kier molecular flexibility index (Phi) is 6.96. The molecule has 1 fully saturated rings. The van der Waals surface area contributed by atoms with Crippen LogP contribution in [0.25, 0.3) is 0 Å².